The number of rotatable bonds is 7. The molecule has 0 bridgehead atoms. The van der Waals surface area contributed by atoms with Crippen molar-refractivity contribution in [2.24, 2.45) is 5.73 Å². The van der Waals surface area contributed by atoms with Gasteiger partial charge in [-0.25, -0.2) is 0 Å². The van der Waals surface area contributed by atoms with E-state index in [0.717, 1.165) is 30.2 Å². The van der Waals surface area contributed by atoms with Gasteiger partial charge in [-0.15, -0.1) is 12.4 Å². The van der Waals surface area contributed by atoms with Crippen molar-refractivity contribution in [3.05, 3.63) is 28.2 Å². The lowest BCUT2D eigenvalue weighted by atomic mass is 9.97. The molecule has 1 fully saturated rings. The van der Waals surface area contributed by atoms with Gasteiger partial charge in [0.05, 0.1) is 18.2 Å². The van der Waals surface area contributed by atoms with Gasteiger partial charge in [0.15, 0.2) is 5.78 Å². The van der Waals surface area contributed by atoms with Gasteiger partial charge < -0.3 is 15.8 Å². The number of Topliss-reactive ketones (excluding diaryl/α,β-unsaturated/α-hetero) is 1. The van der Waals surface area contributed by atoms with E-state index >= 15 is 0 Å². The molecule has 7 heteroatoms. The lowest BCUT2D eigenvalue weighted by Crippen LogP contribution is -2.51. The van der Waals surface area contributed by atoms with E-state index in [9.17, 15) is 9.59 Å². The smallest absolute Gasteiger partial charge is 0.220 e. The Balaban J connectivity index is 0.00000288. The third-order valence-corrected chi connectivity index (χ3v) is 4.89. The molecule has 2 rings (SSSR count). The molecule has 1 amide bonds. The van der Waals surface area contributed by atoms with Gasteiger partial charge in [0.2, 0.25) is 5.91 Å². The number of hydrogen-bond acceptors (Lipinski definition) is 4. The van der Waals surface area contributed by atoms with Crippen molar-refractivity contribution in [2.45, 2.75) is 44.1 Å². The van der Waals surface area contributed by atoms with Crippen LogP contribution in [-0.4, -0.2) is 30.9 Å². The fourth-order valence-corrected chi connectivity index (χ4v) is 3.41. The molecule has 0 aromatic heterocycles. The molecule has 1 aliphatic carbocycles. The van der Waals surface area contributed by atoms with Gasteiger partial charge in [-0.3, -0.25) is 9.59 Å². The van der Waals surface area contributed by atoms with Gasteiger partial charge in [0.1, 0.15) is 5.75 Å². The number of hydrogen-bond donors (Lipinski definition) is 2. The number of methoxy groups -OCH3 is 1. The summed E-state index contributed by atoms with van der Waals surface area (Å²) in [5.74, 6) is 0.305. The second-order valence-electron chi connectivity index (χ2n) is 6.01. The molecule has 24 heavy (non-hydrogen) atoms. The first-order valence-electron chi connectivity index (χ1n) is 7.87. The number of nitrogens with one attached hydrogen (secondary N) is 1. The normalized spacial score (nSPS) is 15.5. The summed E-state index contributed by atoms with van der Waals surface area (Å²) < 4.78 is 6.02. The average Bonchev–Trinajstić information content (AvgIpc) is 3.01. The summed E-state index contributed by atoms with van der Waals surface area (Å²) in [4.78, 5) is 24.5. The third-order valence-electron chi connectivity index (χ3n) is 4.40. The van der Waals surface area contributed by atoms with Crippen molar-refractivity contribution in [1.29, 1.82) is 0 Å². The van der Waals surface area contributed by atoms with Crippen LogP contribution in [-0.2, 0) is 4.79 Å². The molecule has 134 valence electrons. The molecule has 0 aliphatic heterocycles. The zero-order valence-corrected chi connectivity index (χ0v) is 16.2. The van der Waals surface area contributed by atoms with Crippen molar-refractivity contribution in [1.82, 2.24) is 5.32 Å². The minimum atomic E-state index is -0.270. The molecular weight excluding hydrogens is 396 g/mol. The van der Waals surface area contributed by atoms with Crippen molar-refractivity contribution in [2.75, 3.05) is 13.7 Å². The van der Waals surface area contributed by atoms with Gasteiger partial charge in [0.25, 0.3) is 0 Å². The Labute approximate surface area is 157 Å². The molecule has 0 unspecified atom stereocenters. The molecule has 0 radical (unpaired) electrons. The summed E-state index contributed by atoms with van der Waals surface area (Å²) in [6.45, 7) is 0.451. The molecule has 1 aromatic rings. The molecule has 0 saturated heterocycles. The predicted octanol–water partition coefficient (Wildman–Crippen LogP) is 3.23. The molecule has 1 saturated carbocycles. The Hall–Kier alpha value is -1.11. The highest BCUT2D eigenvalue weighted by Gasteiger charge is 2.33. The third kappa shape index (κ3) is 5.19. The molecule has 0 heterocycles. The van der Waals surface area contributed by atoms with Crippen LogP contribution in [0.15, 0.2) is 22.7 Å². The van der Waals surface area contributed by atoms with Crippen LogP contribution in [0.3, 0.4) is 0 Å². The van der Waals surface area contributed by atoms with Crippen LogP contribution in [0.25, 0.3) is 0 Å². The van der Waals surface area contributed by atoms with Gasteiger partial charge >= 0.3 is 0 Å². The minimum absolute atomic E-state index is 0. The number of carbonyl (C=O) groups excluding carboxylic acids is 2. The van der Waals surface area contributed by atoms with Crippen LogP contribution in [0.1, 0.15) is 48.9 Å². The molecule has 0 atom stereocenters. The summed E-state index contributed by atoms with van der Waals surface area (Å²) in [6.07, 6.45) is 4.33. The molecule has 0 spiro atoms. The quantitative estimate of drug-likeness (QED) is 0.665. The number of carbonyl (C=O) groups is 2. The lowest BCUT2D eigenvalue weighted by Gasteiger charge is -2.28. The van der Waals surface area contributed by atoms with Crippen LogP contribution in [0.2, 0.25) is 0 Å². The summed E-state index contributed by atoms with van der Waals surface area (Å²) in [7, 11) is 1.53. The number of halogens is 2. The van der Waals surface area contributed by atoms with E-state index in [0.29, 0.717) is 17.9 Å². The second kappa shape index (κ2) is 9.39. The molecule has 1 aromatic carbocycles. The Morgan fingerprint density at radius 1 is 1.29 bits per heavy atom. The summed E-state index contributed by atoms with van der Waals surface area (Å²) in [6, 6.07) is 5.27. The van der Waals surface area contributed by atoms with E-state index in [4.69, 9.17) is 10.5 Å². The molecule has 5 nitrogen and oxygen atoms in total. The largest absolute Gasteiger partial charge is 0.496 e. The van der Waals surface area contributed by atoms with E-state index < -0.39 is 0 Å². The van der Waals surface area contributed by atoms with Gasteiger partial charge in [-0.05, 0) is 31.0 Å². The number of amides is 1. The zero-order chi connectivity index (χ0) is 16.9. The van der Waals surface area contributed by atoms with Crippen LogP contribution < -0.4 is 15.8 Å². The monoisotopic (exact) mass is 418 g/mol. The first kappa shape index (κ1) is 20.9. The maximum absolute atomic E-state index is 12.4. The Morgan fingerprint density at radius 3 is 2.54 bits per heavy atom. The van der Waals surface area contributed by atoms with Crippen LogP contribution >= 0.6 is 28.3 Å². The topological polar surface area (TPSA) is 81.4 Å². The van der Waals surface area contributed by atoms with E-state index in [-0.39, 0.29) is 42.5 Å². The van der Waals surface area contributed by atoms with Crippen LogP contribution in [0.4, 0.5) is 0 Å². The average molecular weight is 420 g/mol. The summed E-state index contributed by atoms with van der Waals surface area (Å²) in [5.41, 5.74) is 6.03. The van der Waals surface area contributed by atoms with Crippen molar-refractivity contribution >= 4 is 40.0 Å². The standard InChI is InChI=1S/C17H23BrN2O3.ClH/c1-23-15-6-4-12(18)10-13(15)14(21)5-7-16(22)20-17(11-19)8-2-3-9-17;/h4,6,10H,2-3,5,7-9,11,19H2,1H3,(H,20,22);1H. The minimum Gasteiger partial charge on any atom is -0.496 e. The molecule has 1 aliphatic rings. The zero-order valence-electron chi connectivity index (χ0n) is 13.8. The number of ether oxygens (including phenoxy) is 1. The van der Waals surface area contributed by atoms with Crippen molar-refractivity contribution in [3.8, 4) is 5.75 Å². The highest BCUT2D eigenvalue weighted by molar-refractivity contribution is 9.10. The molecule has 3 N–H and O–H groups in total. The number of benzene rings is 1. The van der Waals surface area contributed by atoms with Gasteiger partial charge in [-0.1, -0.05) is 28.8 Å². The maximum Gasteiger partial charge on any atom is 0.220 e. The predicted molar refractivity (Wildman–Crippen MR) is 99.9 cm³/mol. The van der Waals surface area contributed by atoms with Crippen molar-refractivity contribution in [3.63, 3.8) is 0 Å². The lowest BCUT2D eigenvalue weighted by molar-refractivity contribution is -0.122. The highest BCUT2D eigenvalue weighted by Crippen LogP contribution is 2.29. The first-order chi connectivity index (χ1) is 11.0. The van der Waals surface area contributed by atoms with E-state index in [1.165, 1.54) is 7.11 Å². The Kier molecular flexibility index (Phi) is 8.19. The number of ketones is 1. The van der Waals surface area contributed by atoms with Crippen LogP contribution in [0, 0.1) is 0 Å². The van der Waals surface area contributed by atoms with E-state index in [2.05, 4.69) is 21.2 Å². The van der Waals surface area contributed by atoms with Gasteiger partial charge in [-0.2, -0.15) is 0 Å². The summed E-state index contributed by atoms with van der Waals surface area (Å²) in [5, 5.41) is 3.03. The Morgan fingerprint density at radius 2 is 1.96 bits per heavy atom. The fraction of sp³-hybridized carbons (Fsp3) is 0.529. The summed E-state index contributed by atoms with van der Waals surface area (Å²) >= 11 is 3.35. The van der Waals surface area contributed by atoms with Crippen molar-refractivity contribution < 1.29 is 14.3 Å². The maximum atomic E-state index is 12.4. The Bertz CT molecular complexity index is 589. The highest BCUT2D eigenvalue weighted by atomic mass is 79.9. The fourth-order valence-electron chi connectivity index (χ4n) is 3.05. The van der Waals surface area contributed by atoms with E-state index in [1.54, 1.807) is 12.1 Å². The van der Waals surface area contributed by atoms with Gasteiger partial charge in [0, 0.05) is 23.9 Å². The second-order valence-corrected chi connectivity index (χ2v) is 6.92. The number of nitrogens with two attached hydrogens (primary N) is 1. The molecular formula is C17H24BrClN2O3. The van der Waals surface area contributed by atoms with E-state index in [1.807, 2.05) is 6.07 Å². The first-order valence-corrected chi connectivity index (χ1v) is 8.67. The van der Waals surface area contributed by atoms with Crippen LogP contribution in [0.5, 0.6) is 5.75 Å². The SMILES string of the molecule is COc1ccc(Br)cc1C(=O)CCC(=O)NC1(CN)CCCC1.Cl.